The van der Waals surface area contributed by atoms with E-state index < -0.39 is 5.97 Å². The van der Waals surface area contributed by atoms with Gasteiger partial charge in [0.2, 0.25) is 0 Å². The van der Waals surface area contributed by atoms with E-state index in [1.807, 2.05) is 0 Å². The molecule has 0 fully saturated rings. The molecule has 17 heavy (non-hydrogen) atoms. The number of nitrogens with zero attached hydrogens (tertiary/aromatic N) is 2. The molecule has 0 unspecified atom stereocenters. The summed E-state index contributed by atoms with van der Waals surface area (Å²) >= 11 is 1.75. The van der Waals surface area contributed by atoms with E-state index in [2.05, 4.69) is 21.6 Å². The Balaban J connectivity index is 2.89. The van der Waals surface area contributed by atoms with Crippen molar-refractivity contribution >= 4 is 23.5 Å². The van der Waals surface area contributed by atoms with Crippen LogP contribution in [0.5, 0.6) is 0 Å². The van der Waals surface area contributed by atoms with E-state index in [9.17, 15) is 4.79 Å². The average molecular weight is 255 g/mol. The molecule has 1 aromatic heterocycles. The molecular weight excluding hydrogens is 238 g/mol. The summed E-state index contributed by atoms with van der Waals surface area (Å²) in [5, 5.41) is 0. The molecular formula is C11H17N3O2S. The molecule has 1 rings (SSSR count). The summed E-state index contributed by atoms with van der Waals surface area (Å²) in [5.41, 5.74) is 6.57. The molecule has 0 spiro atoms. The van der Waals surface area contributed by atoms with E-state index in [-0.39, 0.29) is 11.4 Å². The normalized spacial score (nSPS) is 10.3. The summed E-state index contributed by atoms with van der Waals surface area (Å²) in [6.45, 7) is 3.85. The number of nitrogens with two attached hydrogens (primary N) is 1. The maximum atomic E-state index is 11.4. The van der Waals surface area contributed by atoms with Crippen LogP contribution in [0.1, 0.15) is 35.2 Å². The fraction of sp³-hybridized carbons (Fsp3) is 0.545. The smallest absolute Gasteiger partial charge is 0.343 e. The molecule has 0 saturated heterocycles. The number of hydrogen-bond donors (Lipinski definition) is 1. The van der Waals surface area contributed by atoms with E-state index in [4.69, 9.17) is 5.73 Å². The molecule has 0 aromatic carbocycles. The highest BCUT2D eigenvalue weighted by molar-refractivity contribution is 7.98. The zero-order chi connectivity index (χ0) is 12.8. The van der Waals surface area contributed by atoms with Crippen molar-refractivity contribution in [2.75, 3.05) is 18.6 Å². The average Bonchev–Trinajstić information content (AvgIpc) is 2.28. The van der Waals surface area contributed by atoms with Crippen LogP contribution in [0, 0.1) is 6.92 Å². The predicted molar refractivity (Wildman–Crippen MR) is 69.0 cm³/mol. The van der Waals surface area contributed by atoms with Gasteiger partial charge in [-0.05, 0) is 19.1 Å². The summed E-state index contributed by atoms with van der Waals surface area (Å²) in [5.74, 6) is 2.12. The monoisotopic (exact) mass is 255 g/mol. The molecule has 1 aromatic rings. The second kappa shape index (κ2) is 6.44. The third-order valence-corrected chi connectivity index (χ3v) is 3.29. The summed E-state index contributed by atoms with van der Waals surface area (Å²) in [4.78, 5) is 19.8. The van der Waals surface area contributed by atoms with Gasteiger partial charge in [-0.15, -0.1) is 0 Å². The number of hydrogen-bond acceptors (Lipinski definition) is 6. The lowest BCUT2D eigenvalue weighted by molar-refractivity contribution is 0.0600. The van der Waals surface area contributed by atoms with E-state index in [0.29, 0.717) is 17.3 Å². The lowest BCUT2D eigenvalue weighted by atomic mass is 10.2. The lowest BCUT2D eigenvalue weighted by Crippen LogP contribution is -2.13. The number of thioether (sulfide) groups is 1. The quantitative estimate of drug-likeness (QED) is 0.638. The van der Waals surface area contributed by atoms with Crippen LogP contribution in [0.2, 0.25) is 0 Å². The van der Waals surface area contributed by atoms with E-state index in [1.54, 1.807) is 18.7 Å². The standard InChI is InChI=1S/C11H17N3O2S/c1-4-5-17-6-8-13-7(2)9(10(12)14-8)11(15)16-3/h4-6H2,1-3H3,(H2,12,13,14). The van der Waals surface area contributed by atoms with Crippen molar-refractivity contribution in [3.05, 3.63) is 17.1 Å². The number of methoxy groups -OCH3 is 1. The van der Waals surface area contributed by atoms with Crippen LogP contribution in [-0.4, -0.2) is 28.8 Å². The minimum absolute atomic E-state index is 0.191. The highest BCUT2D eigenvalue weighted by Crippen LogP contribution is 2.17. The third-order valence-electron chi connectivity index (χ3n) is 2.13. The molecule has 1 heterocycles. The molecule has 0 bridgehead atoms. The number of ether oxygens (including phenoxy) is 1. The zero-order valence-electron chi connectivity index (χ0n) is 10.3. The van der Waals surface area contributed by atoms with Gasteiger partial charge >= 0.3 is 5.97 Å². The van der Waals surface area contributed by atoms with Gasteiger partial charge in [-0.2, -0.15) is 11.8 Å². The number of esters is 1. The number of carbonyl (C=O) groups is 1. The van der Waals surface area contributed by atoms with E-state index >= 15 is 0 Å². The van der Waals surface area contributed by atoms with Crippen molar-refractivity contribution in [3.63, 3.8) is 0 Å². The summed E-state index contributed by atoms with van der Waals surface area (Å²) in [7, 11) is 1.31. The Hall–Kier alpha value is -1.30. The van der Waals surface area contributed by atoms with Crippen LogP contribution < -0.4 is 5.73 Å². The highest BCUT2D eigenvalue weighted by Gasteiger charge is 2.17. The van der Waals surface area contributed by atoms with Gasteiger partial charge < -0.3 is 10.5 Å². The van der Waals surface area contributed by atoms with Gasteiger partial charge in [0.05, 0.1) is 18.6 Å². The molecule has 0 aliphatic heterocycles. The molecule has 0 aliphatic rings. The highest BCUT2D eigenvalue weighted by atomic mass is 32.2. The molecule has 5 nitrogen and oxygen atoms in total. The Morgan fingerprint density at radius 3 is 2.71 bits per heavy atom. The topological polar surface area (TPSA) is 78.1 Å². The van der Waals surface area contributed by atoms with Crippen LogP contribution in [0.25, 0.3) is 0 Å². The summed E-state index contributed by atoms with van der Waals surface area (Å²) < 4.78 is 4.63. The first kappa shape index (κ1) is 13.8. The van der Waals surface area contributed by atoms with Crippen molar-refractivity contribution in [3.8, 4) is 0 Å². The van der Waals surface area contributed by atoms with Crippen molar-refractivity contribution < 1.29 is 9.53 Å². The molecule has 0 aliphatic carbocycles. The number of anilines is 1. The van der Waals surface area contributed by atoms with Gasteiger partial charge in [-0.1, -0.05) is 6.92 Å². The van der Waals surface area contributed by atoms with Crippen LogP contribution in [0.3, 0.4) is 0 Å². The van der Waals surface area contributed by atoms with E-state index in [0.717, 1.165) is 12.2 Å². The molecule has 6 heteroatoms. The minimum Gasteiger partial charge on any atom is -0.465 e. The molecule has 2 N–H and O–H groups in total. The number of aryl methyl sites for hydroxylation is 1. The van der Waals surface area contributed by atoms with Crippen LogP contribution in [0.4, 0.5) is 5.82 Å². The first-order valence-corrected chi connectivity index (χ1v) is 6.54. The van der Waals surface area contributed by atoms with Gasteiger partial charge in [0.1, 0.15) is 17.2 Å². The van der Waals surface area contributed by atoms with E-state index in [1.165, 1.54) is 7.11 Å². The number of rotatable bonds is 5. The van der Waals surface area contributed by atoms with Gasteiger partial charge in [-0.3, -0.25) is 0 Å². The van der Waals surface area contributed by atoms with Gasteiger partial charge in [-0.25, -0.2) is 14.8 Å². The Kier molecular flexibility index (Phi) is 5.21. The van der Waals surface area contributed by atoms with Crippen LogP contribution in [-0.2, 0) is 10.5 Å². The number of carbonyl (C=O) groups excluding carboxylic acids is 1. The largest absolute Gasteiger partial charge is 0.465 e. The molecule has 0 radical (unpaired) electrons. The minimum atomic E-state index is -0.493. The SMILES string of the molecule is CCCSCc1nc(C)c(C(=O)OC)c(N)n1. The van der Waals surface area contributed by atoms with Crippen molar-refractivity contribution in [1.29, 1.82) is 0 Å². The van der Waals surface area contributed by atoms with Crippen molar-refractivity contribution in [2.24, 2.45) is 0 Å². The molecule has 0 amide bonds. The maximum Gasteiger partial charge on any atom is 0.343 e. The zero-order valence-corrected chi connectivity index (χ0v) is 11.1. The maximum absolute atomic E-state index is 11.4. The predicted octanol–water partition coefficient (Wildman–Crippen LogP) is 1.80. The second-order valence-electron chi connectivity index (χ2n) is 3.53. The molecule has 94 valence electrons. The first-order chi connectivity index (χ1) is 8.10. The first-order valence-electron chi connectivity index (χ1n) is 5.39. The molecule has 0 atom stereocenters. The molecule has 0 saturated carbocycles. The van der Waals surface area contributed by atoms with Crippen LogP contribution in [0.15, 0.2) is 0 Å². The lowest BCUT2D eigenvalue weighted by Gasteiger charge is -2.08. The fourth-order valence-electron chi connectivity index (χ4n) is 1.38. The van der Waals surface area contributed by atoms with Crippen molar-refractivity contribution in [2.45, 2.75) is 26.0 Å². The van der Waals surface area contributed by atoms with Gasteiger partial charge in [0.25, 0.3) is 0 Å². The fourth-order valence-corrected chi connectivity index (χ4v) is 2.13. The summed E-state index contributed by atoms with van der Waals surface area (Å²) in [6.07, 6.45) is 1.11. The van der Waals surface area contributed by atoms with Crippen LogP contribution >= 0.6 is 11.8 Å². The Morgan fingerprint density at radius 1 is 1.47 bits per heavy atom. The Labute approximate surface area is 105 Å². The van der Waals surface area contributed by atoms with Gasteiger partial charge in [0.15, 0.2) is 0 Å². The van der Waals surface area contributed by atoms with Crippen molar-refractivity contribution in [1.82, 2.24) is 9.97 Å². The van der Waals surface area contributed by atoms with Gasteiger partial charge in [0, 0.05) is 0 Å². The Bertz CT molecular complexity index is 387. The Morgan fingerprint density at radius 2 is 2.18 bits per heavy atom. The summed E-state index contributed by atoms with van der Waals surface area (Å²) in [6, 6.07) is 0. The third kappa shape index (κ3) is 3.59. The second-order valence-corrected chi connectivity index (χ2v) is 4.63. The number of aromatic nitrogens is 2. The number of nitrogen functional groups attached to an aromatic ring is 1.